The second-order valence-electron chi connectivity index (χ2n) is 6.47. The predicted molar refractivity (Wildman–Crippen MR) is 100 cm³/mol. The summed E-state index contributed by atoms with van der Waals surface area (Å²) in [5.41, 5.74) is 1.75. The Balaban J connectivity index is 2.19. The molecule has 2 rings (SSSR count). The molecule has 0 saturated heterocycles. The van der Waals surface area contributed by atoms with E-state index < -0.39 is 5.54 Å². The minimum atomic E-state index is -0.533. The fourth-order valence-corrected chi connectivity index (χ4v) is 3.02. The molecule has 0 aliphatic carbocycles. The number of carbonyl (C=O) groups excluding carboxylic acids is 1. The fraction of sp³-hybridized carbons (Fsp3) is 0.381. The first-order valence-corrected chi connectivity index (χ1v) is 8.43. The van der Waals surface area contributed by atoms with Crippen LogP contribution in [-0.2, 0) is 17.6 Å². The summed E-state index contributed by atoms with van der Waals surface area (Å²) >= 11 is 0. The van der Waals surface area contributed by atoms with E-state index in [-0.39, 0.29) is 0 Å². The highest BCUT2D eigenvalue weighted by Crippen LogP contribution is 2.30. The molecule has 0 heterocycles. The summed E-state index contributed by atoms with van der Waals surface area (Å²) < 4.78 is 10.7. The monoisotopic (exact) mass is 341 g/mol. The summed E-state index contributed by atoms with van der Waals surface area (Å²) in [7, 11) is 7.19. The van der Waals surface area contributed by atoms with Gasteiger partial charge in [-0.3, -0.25) is 4.90 Å². The maximum Gasteiger partial charge on any atom is 0.160 e. The van der Waals surface area contributed by atoms with Crippen molar-refractivity contribution in [2.75, 3.05) is 28.3 Å². The van der Waals surface area contributed by atoms with Crippen molar-refractivity contribution in [1.29, 1.82) is 0 Å². The number of hydrogen-bond acceptors (Lipinski definition) is 4. The largest absolute Gasteiger partial charge is 0.493 e. The van der Waals surface area contributed by atoms with Gasteiger partial charge in [0.1, 0.15) is 6.29 Å². The van der Waals surface area contributed by atoms with E-state index in [1.807, 2.05) is 55.4 Å². The number of hydrogen-bond donors (Lipinski definition) is 0. The fourth-order valence-electron chi connectivity index (χ4n) is 3.02. The smallest absolute Gasteiger partial charge is 0.160 e. The zero-order valence-corrected chi connectivity index (χ0v) is 15.5. The third-order valence-electron chi connectivity index (χ3n) is 4.76. The lowest BCUT2D eigenvalue weighted by Gasteiger charge is -2.35. The molecule has 0 amide bonds. The standard InChI is InChI=1S/C21H27NO3/c1-22(2)21(16-23,15-18-8-6-5-7-9-18)13-12-17-10-11-19(24-3)20(14-17)25-4/h5-11,14,16H,12-13,15H2,1-4H3/t21-/m0/s1. The minimum absolute atomic E-state index is 0.533. The van der Waals surface area contributed by atoms with Gasteiger partial charge in [-0.1, -0.05) is 36.4 Å². The molecule has 0 saturated carbocycles. The molecule has 0 N–H and O–H groups in total. The highest BCUT2D eigenvalue weighted by atomic mass is 16.5. The number of methoxy groups -OCH3 is 2. The second kappa shape index (κ2) is 8.67. The van der Waals surface area contributed by atoms with Crippen LogP contribution in [0.3, 0.4) is 0 Å². The van der Waals surface area contributed by atoms with Gasteiger partial charge in [0.2, 0.25) is 0 Å². The van der Waals surface area contributed by atoms with Crippen LogP contribution in [0.1, 0.15) is 17.5 Å². The van der Waals surface area contributed by atoms with Crippen LogP contribution in [0.2, 0.25) is 0 Å². The Morgan fingerprint density at radius 3 is 2.20 bits per heavy atom. The summed E-state index contributed by atoms with van der Waals surface area (Å²) in [5.74, 6) is 1.43. The molecule has 0 fully saturated rings. The van der Waals surface area contributed by atoms with Crippen LogP contribution in [0.5, 0.6) is 11.5 Å². The van der Waals surface area contributed by atoms with Crippen molar-refractivity contribution >= 4 is 6.29 Å². The molecule has 2 aromatic rings. The molecular weight excluding hydrogens is 314 g/mol. The van der Waals surface area contributed by atoms with E-state index in [0.29, 0.717) is 17.9 Å². The minimum Gasteiger partial charge on any atom is -0.493 e. The lowest BCUT2D eigenvalue weighted by molar-refractivity contribution is -0.117. The molecule has 1 atom stereocenters. The molecule has 0 aromatic heterocycles. The number of likely N-dealkylation sites (N-methyl/N-ethyl adjacent to an activating group) is 1. The van der Waals surface area contributed by atoms with E-state index in [0.717, 1.165) is 30.3 Å². The third-order valence-corrected chi connectivity index (χ3v) is 4.76. The van der Waals surface area contributed by atoms with Gasteiger partial charge in [0.15, 0.2) is 11.5 Å². The maximum atomic E-state index is 12.0. The Kier molecular flexibility index (Phi) is 6.59. The first kappa shape index (κ1) is 19.0. The van der Waals surface area contributed by atoms with E-state index in [1.54, 1.807) is 14.2 Å². The molecule has 0 aliphatic heterocycles. The first-order chi connectivity index (χ1) is 12.0. The lowest BCUT2D eigenvalue weighted by Crippen LogP contribution is -2.48. The van der Waals surface area contributed by atoms with Gasteiger partial charge in [0.05, 0.1) is 19.8 Å². The van der Waals surface area contributed by atoms with Gasteiger partial charge in [-0.15, -0.1) is 0 Å². The number of benzene rings is 2. The molecule has 0 spiro atoms. The van der Waals surface area contributed by atoms with Crippen LogP contribution in [-0.4, -0.2) is 45.0 Å². The van der Waals surface area contributed by atoms with Crippen molar-refractivity contribution in [3.05, 3.63) is 59.7 Å². The van der Waals surface area contributed by atoms with Crippen molar-refractivity contribution in [2.45, 2.75) is 24.8 Å². The van der Waals surface area contributed by atoms with Gasteiger partial charge in [-0.05, 0) is 56.6 Å². The van der Waals surface area contributed by atoms with Gasteiger partial charge in [-0.25, -0.2) is 0 Å². The molecule has 134 valence electrons. The maximum absolute atomic E-state index is 12.0. The number of aldehydes is 1. The van der Waals surface area contributed by atoms with E-state index >= 15 is 0 Å². The van der Waals surface area contributed by atoms with Gasteiger partial charge in [0, 0.05) is 0 Å². The normalized spacial score (nSPS) is 13.3. The van der Waals surface area contributed by atoms with E-state index in [1.165, 1.54) is 0 Å². The van der Waals surface area contributed by atoms with E-state index in [9.17, 15) is 4.79 Å². The molecule has 4 nitrogen and oxygen atoms in total. The second-order valence-corrected chi connectivity index (χ2v) is 6.47. The summed E-state index contributed by atoms with van der Waals surface area (Å²) in [6, 6.07) is 16.1. The van der Waals surface area contributed by atoms with Gasteiger partial charge >= 0.3 is 0 Å². The molecule has 0 bridgehead atoms. The summed E-state index contributed by atoms with van der Waals surface area (Å²) in [6.45, 7) is 0. The van der Waals surface area contributed by atoms with Crippen LogP contribution >= 0.6 is 0 Å². The Bertz CT molecular complexity index is 685. The number of ether oxygens (including phenoxy) is 2. The number of nitrogens with zero attached hydrogens (tertiary/aromatic N) is 1. The summed E-state index contributed by atoms with van der Waals surface area (Å²) in [6.07, 6.45) is 3.29. The number of aryl methyl sites for hydroxylation is 1. The van der Waals surface area contributed by atoms with Crippen LogP contribution < -0.4 is 9.47 Å². The molecule has 25 heavy (non-hydrogen) atoms. The molecule has 0 radical (unpaired) electrons. The Morgan fingerprint density at radius 2 is 1.64 bits per heavy atom. The van der Waals surface area contributed by atoms with Crippen molar-refractivity contribution in [2.24, 2.45) is 0 Å². The summed E-state index contributed by atoms with van der Waals surface area (Å²) in [5, 5.41) is 0. The van der Waals surface area contributed by atoms with E-state index in [2.05, 4.69) is 12.1 Å². The SMILES string of the molecule is COc1ccc(CC[C@@](C=O)(Cc2ccccc2)N(C)C)cc1OC. The van der Waals surface area contributed by atoms with Gasteiger partial charge < -0.3 is 14.3 Å². The van der Waals surface area contributed by atoms with E-state index in [4.69, 9.17) is 9.47 Å². The Morgan fingerprint density at radius 1 is 0.960 bits per heavy atom. The van der Waals surface area contributed by atoms with Crippen molar-refractivity contribution < 1.29 is 14.3 Å². The van der Waals surface area contributed by atoms with Gasteiger partial charge in [-0.2, -0.15) is 0 Å². The quantitative estimate of drug-likeness (QED) is 0.656. The van der Waals surface area contributed by atoms with Crippen molar-refractivity contribution in [3.8, 4) is 11.5 Å². The third kappa shape index (κ3) is 4.60. The number of rotatable bonds is 9. The van der Waals surface area contributed by atoms with Crippen LogP contribution in [0.15, 0.2) is 48.5 Å². The zero-order chi connectivity index (χ0) is 18.3. The van der Waals surface area contributed by atoms with Crippen molar-refractivity contribution in [1.82, 2.24) is 4.90 Å². The first-order valence-electron chi connectivity index (χ1n) is 8.43. The highest BCUT2D eigenvalue weighted by molar-refractivity contribution is 5.65. The average molecular weight is 341 g/mol. The highest BCUT2D eigenvalue weighted by Gasteiger charge is 2.32. The lowest BCUT2D eigenvalue weighted by atomic mass is 9.85. The van der Waals surface area contributed by atoms with Gasteiger partial charge in [0.25, 0.3) is 0 Å². The Labute approximate surface area is 150 Å². The van der Waals surface area contributed by atoms with Crippen molar-refractivity contribution in [3.63, 3.8) is 0 Å². The predicted octanol–water partition coefficient (Wildman–Crippen LogP) is 3.38. The zero-order valence-electron chi connectivity index (χ0n) is 15.5. The summed E-state index contributed by atoms with van der Waals surface area (Å²) in [4.78, 5) is 14.1. The average Bonchev–Trinajstić information content (AvgIpc) is 2.65. The molecule has 4 heteroatoms. The topological polar surface area (TPSA) is 38.8 Å². The van der Waals surface area contributed by atoms with Crippen LogP contribution in [0.25, 0.3) is 0 Å². The molecular formula is C21H27NO3. The molecule has 2 aromatic carbocycles. The van der Waals surface area contributed by atoms with Crippen LogP contribution in [0.4, 0.5) is 0 Å². The number of carbonyl (C=O) groups is 1. The Hall–Kier alpha value is -2.33. The molecule has 0 aliphatic rings. The van der Waals surface area contributed by atoms with Crippen LogP contribution in [0, 0.1) is 0 Å². The molecule has 0 unspecified atom stereocenters.